The van der Waals surface area contributed by atoms with E-state index in [-0.39, 0.29) is 25.3 Å². The smallest absolute Gasteiger partial charge is 0.306 e. The molecule has 4 unspecified atom stereocenters. The molecular weight excluding hydrogens is 530 g/mol. The topological polar surface area (TPSA) is 206 Å². The number of aliphatic carboxylic acids is 1. The van der Waals surface area contributed by atoms with Crippen molar-refractivity contribution in [3.63, 3.8) is 0 Å². The lowest BCUT2D eigenvalue weighted by Gasteiger charge is -2.37. The number of likely N-dealkylation sites (N-methyl/N-ethyl adjacent to an activating group) is 2. The summed E-state index contributed by atoms with van der Waals surface area (Å²) >= 11 is 8.99. The van der Waals surface area contributed by atoms with Crippen LogP contribution in [0.4, 0.5) is 0 Å². The first kappa shape index (κ1) is 34.4. The molecule has 0 bridgehead atoms. The second-order valence-electron chi connectivity index (χ2n) is 10.3. The van der Waals surface area contributed by atoms with E-state index >= 15 is 0 Å². The number of hydrogen-bond acceptors (Lipinski definition) is 10. The lowest BCUT2D eigenvalue weighted by Crippen LogP contribution is -2.55. The van der Waals surface area contributed by atoms with E-state index in [0.717, 1.165) is 6.42 Å². The first-order valence-corrected chi connectivity index (χ1v) is 14.2. The summed E-state index contributed by atoms with van der Waals surface area (Å²) < 4.78 is -0.622. The molecule has 12 nitrogen and oxygen atoms in total. The molecule has 38 heavy (non-hydrogen) atoms. The number of unbranched alkanes of at least 4 members (excludes halogenated alkanes) is 1. The Hall–Kier alpha value is -1.58. The third-order valence-electron chi connectivity index (χ3n) is 6.89. The van der Waals surface area contributed by atoms with Gasteiger partial charge >= 0.3 is 5.97 Å². The molecule has 1 rings (SSSR count). The molecule has 1 saturated carbocycles. The lowest BCUT2D eigenvalue weighted by atomic mass is 9.80. The molecule has 6 atom stereocenters. The van der Waals surface area contributed by atoms with Crippen molar-refractivity contribution < 1.29 is 24.3 Å². The molecule has 220 valence electrons. The van der Waals surface area contributed by atoms with Gasteiger partial charge in [0.15, 0.2) is 0 Å². The summed E-state index contributed by atoms with van der Waals surface area (Å²) in [4.78, 5) is 52.2. The minimum atomic E-state index is -1.09. The second-order valence-corrected chi connectivity index (χ2v) is 11.5. The van der Waals surface area contributed by atoms with Gasteiger partial charge < -0.3 is 43.2 Å². The number of carboxylic acid groups (broad SMARTS) is 1. The largest absolute Gasteiger partial charge is 0.481 e. The van der Waals surface area contributed by atoms with E-state index in [4.69, 9.17) is 17.2 Å². The van der Waals surface area contributed by atoms with Gasteiger partial charge in [0.2, 0.25) is 17.7 Å². The third kappa shape index (κ3) is 11.7. The highest BCUT2D eigenvalue weighted by Crippen LogP contribution is 2.35. The Morgan fingerprint density at radius 1 is 1.16 bits per heavy atom. The molecule has 3 amide bonds. The van der Waals surface area contributed by atoms with Crippen LogP contribution in [0.3, 0.4) is 0 Å². The normalized spacial score (nSPS) is 25.4. The highest BCUT2D eigenvalue weighted by atomic mass is 32.1. The summed E-state index contributed by atoms with van der Waals surface area (Å²) in [5, 5.41) is 18.3. The van der Waals surface area contributed by atoms with Gasteiger partial charge in [-0.25, -0.2) is 0 Å². The molecule has 0 radical (unpaired) electrons. The van der Waals surface area contributed by atoms with Gasteiger partial charge in [0.25, 0.3) is 0 Å². The van der Waals surface area contributed by atoms with Gasteiger partial charge in [-0.2, -0.15) is 25.3 Å². The fourth-order valence-corrected chi connectivity index (χ4v) is 5.49. The highest BCUT2D eigenvalue weighted by molar-refractivity contribution is 7.85. The van der Waals surface area contributed by atoms with E-state index < -0.39 is 52.5 Å². The molecular formula is C24H47N7O5S2. The molecule has 10 N–H and O–H groups in total. The predicted octanol–water partition coefficient (Wildman–Crippen LogP) is -1.32. The van der Waals surface area contributed by atoms with E-state index in [9.17, 15) is 24.3 Å². The van der Waals surface area contributed by atoms with Crippen molar-refractivity contribution in [3.8, 4) is 0 Å². The Bertz CT molecular complexity index is 793. The number of nitrogens with one attached hydrogen (secondary N) is 3. The van der Waals surface area contributed by atoms with E-state index in [1.54, 1.807) is 7.05 Å². The maximum Gasteiger partial charge on any atom is 0.306 e. The van der Waals surface area contributed by atoms with Gasteiger partial charge in [0, 0.05) is 42.7 Å². The molecule has 0 aliphatic heterocycles. The van der Waals surface area contributed by atoms with Crippen LogP contribution < -0.4 is 33.2 Å². The van der Waals surface area contributed by atoms with E-state index in [0.29, 0.717) is 51.1 Å². The monoisotopic (exact) mass is 577 g/mol. The van der Waals surface area contributed by atoms with Crippen LogP contribution in [-0.4, -0.2) is 102 Å². The molecule has 0 heterocycles. The summed E-state index contributed by atoms with van der Waals surface area (Å²) in [7, 11) is 3.20. The Balaban J connectivity index is 2.99. The van der Waals surface area contributed by atoms with Crippen LogP contribution in [0, 0.1) is 5.92 Å². The van der Waals surface area contributed by atoms with Crippen molar-refractivity contribution in [1.29, 1.82) is 0 Å². The summed E-state index contributed by atoms with van der Waals surface area (Å²) in [6, 6.07) is -2.75. The van der Waals surface area contributed by atoms with Crippen molar-refractivity contribution in [1.82, 2.24) is 20.9 Å². The molecule has 1 aliphatic rings. The van der Waals surface area contributed by atoms with Gasteiger partial charge in [0.1, 0.15) is 6.04 Å². The van der Waals surface area contributed by atoms with Crippen LogP contribution in [0.15, 0.2) is 0 Å². The fourth-order valence-electron chi connectivity index (χ4n) is 4.78. The Kier molecular flexibility index (Phi) is 15.6. The van der Waals surface area contributed by atoms with Crippen molar-refractivity contribution in [2.24, 2.45) is 23.1 Å². The molecule has 1 fully saturated rings. The maximum absolute atomic E-state index is 13.1. The number of amides is 3. The zero-order valence-corrected chi connectivity index (χ0v) is 24.3. The van der Waals surface area contributed by atoms with Crippen molar-refractivity contribution in [2.45, 2.75) is 80.3 Å². The molecule has 0 spiro atoms. The van der Waals surface area contributed by atoms with E-state index in [2.05, 4.69) is 41.2 Å². The van der Waals surface area contributed by atoms with Gasteiger partial charge in [-0.15, -0.1) is 0 Å². The zero-order chi connectivity index (χ0) is 28.9. The summed E-state index contributed by atoms with van der Waals surface area (Å²) in [6.07, 6.45) is 2.75. The Labute approximate surface area is 236 Å². The average Bonchev–Trinajstić information content (AvgIpc) is 2.84. The average molecular weight is 578 g/mol. The summed E-state index contributed by atoms with van der Waals surface area (Å²) in [5.41, 5.74) is 17.9. The first-order chi connectivity index (χ1) is 17.9. The molecule has 14 heteroatoms. The van der Waals surface area contributed by atoms with Gasteiger partial charge in [-0.1, -0.05) is 6.42 Å². The number of carbonyl (C=O) groups is 4. The quantitative estimate of drug-likeness (QED) is 0.0835. The van der Waals surface area contributed by atoms with Crippen LogP contribution in [0.2, 0.25) is 0 Å². The minimum Gasteiger partial charge on any atom is -0.481 e. The minimum absolute atomic E-state index is 0.171. The SMILES string of the molecule is CNCCNC(=O)[C@H](CC(=O)NC1CC(N)CC(S)(CS)CC(C(=O)O)C1)N(C)C(=O)[C@@H](N)CCCCN. The summed E-state index contributed by atoms with van der Waals surface area (Å²) in [5.74, 6) is -2.75. The highest BCUT2D eigenvalue weighted by Gasteiger charge is 2.38. The van der Waals surface area contributed by atoms with Crippen LogP contribution in [0.25, 0.3) is 0 Å². The zero-order valence-electron chi connectivity index (χ0n) is 22.5. The molecule has 0 aromatic carbocycles. The van der Waals surface area contributed by atoms with E-state index in [1.807, 2.05) is 0 Å². The Morgan fingerprint density at radius 3 is 2.42 bits per heavy atom. The van der Waals surface area contributed by atoms with E-state index in [1.165, 1.54) is 11.9 Å². The number of thiol groups is 2. The fraction of sp³-hybridized carbons (Fsp3) is 0.833. The van der Waals surface area contributed by atoms with Crippen molar-refractivity contribution in [3.05, 3.63) is 0 Å². The lowest BCUT2D eigenvalue weighted by molar-refractivity contribution is -0.143. The van der Waals surface area contributed by atoms with Crippen LogP contribution in [0.1, 0.15) is 51.4 Å². The summed E-state index contributed by atoms with van der Waals surface area (Å²) in [6.45, 7) is 1.31. The van der Waals surface area contributed by atoms with Crippen LogP contribution in [-0.2, 0) is 19.2 Å². The second kappa shape index (κ2) is 17.2. The number of nitrogens with zero attached hydrogens (tertiary/aromatic N) is 1. The number of rotatable bonds is 15. The first-order valence-electron chi connectivity index (χ1n) is 13.1. The number of carboxylic acids is 1. The number of carbonyl (C=O) groups excluding carboxylic acids is 3. The third-order valence-corrected chi connectivity index (χ3v) is 8.27. The number of hydrogen-bond donors (Lipinski definition) is 9. The molecule has 0 aromatic rings. The van der Waals surface area contributed by atoms with Crippen molar-refractivity contribution >= 4 is 48.9 Å². The maximum atomic E-state index is 13.1. The van der Waals surface area contributed by atoms with Crippen LogP contribution in [0.5, 0.6) is 0 Å². The Morgan fingerprint density at radius 2 is 1.84 bits per heavy atom. The molecule has 0 aromatic heterocycles. The van der Waals surface area contributed by atoms with Gasteiger partial charge in [0.05, 0.1) is 18.4 Å². The molecule has 0 saturated heterocycles. The standard InChI is InChI=1S/C24H47N7O5S2/c1-28-7-8-29-21(33)19(31(2)22(34)18(27)5-3-4-6-25)11-20(32)30-17-9-15(23(35)36)12-24(38,14-37)13-16(26)10-17/h15-19,28,37-38H,3-14,25-27H2,1-2H3,(H,29,33)(H,30,32)(H,35,36)/t15?,16?,17?,18-,19-,24?/m0/s1. The van der Waals surface area contributed by atoms with Gasteiger partial charge in [-0.05, 0) is 52.1 Å². The van der Waals surface area contributed by atoms with Crippen LogP contribution >= 0.6 is 25.3 Å². The van der Waals surface area contributed by atoms with Gasteiger partial charge in [-0.3, -0.25) is 19.2 Å². The van der Waals surface area contributed by atoms with Crippen molar-refractivity contribution in [2.75, 3.05) is 39.5 Å². The number of nitrogens with two attached hydrogens (primary N) is 3. The molecule has 1 aliphatic carbocycles. The predicted molar refractivity (Wildman–Crippen MR) is 154 cm³/mol.